The molecule has 3 N–H and O–H groups in total. The smallest absolute Gasteiger partial charge is 0.220 e. The summed E-state index contributed by atoms with van der Waals surface area (Å²) in [6, 6.07) is -0.633. The van der Waals surface area contributed by atoms with Crippen molar-refractivity contribution in [2.45, 2.75) is 341 Å². The monoisotopic (exact) mass is 1090 g/mol. The first kappa shape index (κ1) is 75.8. The highest BCUT2D eigenvalue weighted by atomic mass is 16.3. The van der Waals surface area contributed by atoms with Crippen LogP contribution in [0.1, 0.15) is 328 Å². The van der Waals surface area contributed by atoms with Gasteiger partial charge in [-0.1, -0.05) is 354 Å². The zero-order valence-corrected chi connectivity index (χ0v) is 52.4. The minimum Gasteiger partial charge on any atom is -0.394 e. The van der Waals surface area contributed by atoms with E-state index in [4.69, 9.17) is 0 Å². The summed E-state index contributed by atoms with van der Waals surface area (Å²) < 4.78 is 0. The zero-order chi connectivity index (χ0) is 56.9. The predicted molar refractivity (Wildman–Crippen MR) is 354 cm³/mol. The molecule has 0 aliphatic heterocycles. The van der Waals surface area contributed by atoms with Crippen LogP contribution in [0.2, 0.25) is 0 Å². The van der Waals surface area contributed by atoms with E-state index in [2.05, 4.69) is 129 Å². The van der Waals surface area contributed by atoms with Gasteiger partial charge in [0.2, 0.25) is 5.91 Å². The zero-order valence-electron chi connectivity index (χ0n) is 52.4. The quantitative estimate of drug-likeness (QED) is 0.0420. The lowest BCUT2D eigenvalue weighted by atomic mass is 10.0. The third-order valence-corrected chi connectivity index (χ3v) is 15.2. The van der Waals surface area contributed by atoms with Crippen LogP contribution in [0.25, 0.3) is 0 Å². The van der Waals surface area contributed by atoms with E-state index in [1.165, 1.54) is 225 Å². The first-order valence-corrected chi connectivity index (χ1v) is 34.2. The van der Waals surface area contributed by atoms with Crippen molar-refractivity contribution >= 4 is 5.91 Å². The number of aliphatic hydroxyl groups excluding tert-OH is 2. The summed E-state index contributed by atoms with van der Waals surface area (Å²) in [5.74, 6) is -0.0680. The van der Waals surface area contributed by atoms with E-state index in [-0.39, 0.29) is 12.5 Å². The SMILES string of the molecule is CC/C=C\C/C=C\C/C=C\C/C=C\C/C=C\C/C=C\C/C=C\C/C=C\C/C=C\CCCCCCCCCCCCCC(=O)NC(CO)C(O)/C=C/CCCCCCCCCCCCCCCCCCCCCCCCCCCC. The fourth-order valence-corrected chi connectivity index (χ4v) is 10.1. The topological polar surface area (TPSA) is 69.6 Å². The summed E-state index contributed by atoms with van der Waals surface area (Å²) in [7, 11) is 0. The van der Waals surface area contributed by atoms with Crippen molar-refractivity contribution in [2.75, 3.05) is 6.61 Å². The number of carbonyl (C=O) groups excluding carboxylic acids is 1. The standard InChI is InChI=1S/C75H131NO3/c1-3-5-7-9-11-13-15-17-19-21-23-25-27-29-31-33-34-35-36-37-38-39-40-41-42-43-45-47-49-51-53-55-57-59-61-63-65-67-69-71-75(79)76-73(72-77)74(78)70-68-66-64-62-60-58-56-54-52-50-48-46-44-32-30-28-26-24-22-20-18-16-14-12-10-8-6-4-2/h5,7,11,13,17,19,23,25,29,31,34-35,37-38,40-41,43,45,68,70,73-74,77-78H,3-4,6,8-10,12,14-16,18,20-22,24,26-28,30,32-33,36,39,42,44,46-67,69,71-72H2,1-2H3,(H,76,79)/b7-5-,13-11-,19-17-,25-23-,31-29-,35-34-,38-37-,41-40-,45-43-,70-68+. The van der Waals surface area contributed by atoms with Gasteiger partial charge in [0.1, 0.15) is 0 Å². The van der Waals surface area contributed by atoms with E-state index in [0.717, 1.165) is 83.5 Å². The molecule has 0 saturated heterocycles. The van der Waals surface area contributed by atoms with Crippen LogP contribution in [0, 0.1) is 0 Å². The molecule has 0 radical (unpaired) electrons. The van der Waals surface area contributed by atoms with Gasteiger partial charge in [-0.2, -0.15) is 0 Å². The van der Waals surface area contributed by atoms with Gasteiger partial charge in [-0.25, -0.2) is 0 Å². The van der Waals surface area contributed by atoms with Crippen LogP contribution in [-0.2, 0) is 4.79 Å². The molecule has 0 fully saturated rings. The van der Waals surface area contributed by atoms with Gasteiger partial charge in [-0.3, -0.25) is 4.79 Å². The minimum atomic E-state index is -0.849. The normalized spacial score (nSPS) is 13.5. The van der Waals surface area contributed by atoms with Crippen molar-refractivity contribution in [3.8, 4) is 0 Å². The van der Waals surface area contributed by atoms with E-state index in [1.807, 2.05) is 6.08 Å². The molecule has 4 nitrogen and oxygen atoms in total. The van der Waals surface area contributed by atoms with E-state index in [0.29, 0.717) is 6.42 Å². The number of hydrogen-bond donors (Lipinski definition) is 3. The van der Waals surface area contributed by atoms with Gasteiger partial charge in [0.15, 0.2) is 0 Å². The number of aliphatic hydroxyl groups is 2. The van der Waals surface area contributed by atoms with Crippen molar-refractivity contribution < 1.29 is 15.0 Å². The van der Waals surface area contributed by atoms with Gasteiger partial charge in [-0.05, 0) is 89.9 Å². The number of nitrogens with one attached hydrogen (secondary N) is 1. The van der Waals surface area contributed by atoms with E-state index >= 15 is 0 Å². The molecule has 2 atom stereocenters. The number of allylic oxidation sites excluding steroid dienone is 19. The van der Waals surface area contributed by atoms with Crippen LogP contribution >= 0.6 is 0 Å². The fourth-order valence-electron chi connectivity index (χ4n) is 10.1. The lowest BCUT2D eigenvalue weighted by molar-refractivity contribution is -0.123. The highest BCUT2D eigenvalue weighted by molar-refractivity contribution is 5.76. The Balaban J connectivity index is 3.54. The van der Waals surface area contributed by atoms with Crippen molar-refractivity contribution in [2.24, 2.45) is 0 Å². The largest absolute Gasteiger partial charge is 0.394 e. The highest BCUT2D eigenvalue weighted by Crippen LogP contribution is 2.18. The summed E-state index contributed by atoms with van der Waals surface area (Å²) in [5.41, 5.74) is 0. The van der Waals surface area contributed by atoms with Crippen LogP contribution in [0.15, 0.2) is 122 Å². The first-order chi connectivity index (χ1) is 39.2. The molecule has 2 unspecified atom stereocenters. The number of hydrogen-bond acceptors (Lipinski definition) is 3. The van der Waals surface area contributed by atoms with Crippen molar-refractivity contribution in [1.29, 1.82) is 0 Å². The molecule has 0 aromatic rings. The van der Waals surface area contributed by atoms with Crippen LogP contribution in [0.3, 0.4) is 0 Å². The second-order valence-electron chi connectivity index (χ2n) is 22.9. The molecule has 1 amide bonds. The number of carbonyl (C=O) groups is 1. The van der Waals surface area contributed by atoms with Gasteiger partial charge >= 0.3 is 0 Å². The Morgan fingerprint density at radius 3 is 0.835 bits per heavy atom. The van der Waals surface area contributed by atoms with Crippen LogP contribution in [-0.4, -0.2) is 34.9 Å². The first-order valence-electron chi connectivity index (χ1n) is 34.2. The van der Waals surface area contributed by atoms with Gasteiger partial charge < -0.3 is 15.5 Å². The maximum Gasteiger partial charge on any atom is 0.220 e. The molecule has 0 aromatic carbocycles. The van der Waals surface area contributed by atoms with Crippen LogP contribution < -0.4 is 5.32 Å². The van der Waals surface area contributed by atoms with E-state index < -0.39 is 12.1 Å². The Bertz CT molecular complexity index is 1520. The molecule has 0 bridgehead atoms. The predicted octanol–water partition coefficient (Wildman–Crippen LogP) is 23.5. The summed E-state index contributed by atoms with van der Waals surface area (Å²) in [4.78, 5) is 12.5. The molecule has 0 spiro atoms. The van der Waals surface area contributed by atoms with Crippen molar-refractivity contribution in [1.82, 2.24) is 5.32 Å². The van der Waals surface area contributed by atoms with Crippen molar-refractivity contribution in [3.05, 3.63) is 122 Å². The van der Waals surface area contributed by atoms with Crippen LogP contribution in [0.5, 0.6) is 0 Å². The molecule has 0 aliphatic carbocycles. The molecule has 0 saturated carbocycles. The second-order valence-corrected chi connectivity index (χ2v) is 22.9. The average molecular weight is 1090 g/mol. The molecule has 0 aliphatic rings. The maximum atomic E-state index is 12.5. The molecular weight excluding hydrogens is 963 g/mol. The van der Waals surface area contributed by atoms with Gasteiger partial charge in [-0.15, -0.1) is 0 Å². The maximum absolute atomic E-state index is 12.5. The highest BCUT2D eigenvalue weighted by Gasteiger charge is 2.18. The fraction of sp³-hybridized carbons (Fsp3) is 0.720. The second kappa shape index (κ2) is 69.1. The number of unbranched alkanes of at least 4 members (excludes halogenated alkanes) is 37. The molecule has 0 rings (SSSR count). The Kier molecular flexibility index (Phi) is 66.3. The molecular formula is C75H131NO3. The number of rotatable bonds is 62. The summed E-state index contributed by atoms with van der Waals surface area (Å²) in [6.07, 6.45) is 105. The molecule has 79 heavy (non-hydrogen) atoms. The summed E-state index contributed by atoms with van der Waals surface area (Å²) in [6.45, 7) is 4.22. The average Bonchev–Trinajstić information content (AvgIpc) is 3.45. The molecule has 454 valence electrons. The summed E-state index contributed by atoms with van der Waals surface area (Å²) in [5, 5.41) is 23.3. The molecule has 0 heterocycles. The third kappa shape index (κ3) is 65.5. The lowest BCUT2D eigenvalue weighted by Gasteiger charge is -2.20. The third-order valence-electron chi connectivity index (χ3n) is 15.2. The van der Waals surface area contributed by atoms with E-state index in [9.17, 15) is 15.0 Å². The van der Waals surface area contributed by atoms with Crippen molar-refractivity contribution in [3.63, 3.8) is 0 Å². The Labute approximate surface area is 492 Å². The Hall–Kier alpha value is -3.21. The minimum absolute atomic E-state index is 0.0680. The Morgan fingerprint density at radius 1 is 0.316 bits per heavy atom. The lowest BCUT2D eigenvalue weighted by Crippen LogP contribution is -2.45. The van der Waals surface area contributed by atoms with Gasteiger partial charge in [0.25, 0.3) is 0 Å². The molecule has 4 heteroatoms. The van der Waals surface area contributed by atoms with E-state index in [1.54, 1.807) is 6.08 Å². The number of amides is 1. The molecule has 0 aromatic heterocycles. The van der Waals surface area contributed by atoms with Gasteiger partial charge in [0, 0.05) is 6.42 Å². The summed E-state index contributed by atoms with van der Waals surface area (Å²) >= 11 is 0. The van der Waals surface area contributed by atoms with Gasteiger partial charge in [0.05, 0.1) is 18.8 Å². The Morgan fingerprint density at radius 2 is 0.557 bits per heavy atom. The van der Waals surface area contributed by atoms with Crippen LogP contribution in [0.4, 0.5) is 0 Å².